The van der Waals surface area contributed by atoms with Gasteiger partial charge in [-0.25, -0.2) is 0 Å². The Hall–Kier alpha value is -0.570. The highest BCUT2D eigenvalue weighted by molar-refractivity contribution is 5.56. The molecular formula is C7H14O7. The highest BCUT2D eigenvalue weighted by atomic mass is 16.4. The maximum Gasteiger partial charge on any atom is 0.151 e. The Morgan fingerprint density at radius 3 is 1.79 bits per heavy atom. The first-order valence-corrected chi connectivity index (χ1v) is 3.92. The fourth-order valence-corrected chi connectivity index (χ4v) is 0.820. The molecule has 6 N–H and O–H groups in total. The second-order valence-corrected chi connectivity index (χ2v) is 2.85. The van der Waals surface area contributed by atoms with E-state index in [2.05, 4.69) is 0 Å². The van der Waals surface area contributed by atoms with Crippen LogP contribution in [0.1, 0.15) is 0 Å². The molecule has 0 saturated heterocycles. The van der Waals surface area contributed by atoms with Gasteiger partial charge < -0.3 is 35.4 Å². The number of hydrogen-bond acceptors (Lipinski definition) is 7. The van der Waals surface area contributed by atoms with Gasteiger partial charge in [-0.1, -0.05) is 0 Å². The molecule has 0 fully saturated rings. The average Bonchev–Trinajstić information content (AvgIpc) is 2.23. The molecule has 0 aromatic carbocycles. The van der Waals surface area contributed by atoms with Gasteiger partial charge in [0.2, 0.25) is 0 Å². The van der Waals surface area contributed by atoms with Crippen molar-refractivity contribution in [2.45, 2.75) is 30.5 Å². The molecule has 0 bridgehead atoms. The maximum atomic E-state index is 10.00. The summed E-state index contributed by atoms with van der Waals surface area (Å²) >= 11 is 0. The lowest BCUT2D eigenvalue weighted by Gasteiger charge is -2.26. The number of aliphatic hydroxyl groups is 6. The van der Waals surface area contributed by atoms with Gasteiger partial charge in [-0.15, -0.1) is 0 Å². The maximum absolute atomic E-state index is 10.00. The van der Waals surface area contributed by atoms with E-state index >= 15 is 0 Å². The van der Waals surface area contributed by atoms with Crippen LogP contribution in [0.15, 0.2) is 0 Å². The molecule has 0 aromatic rings. The second-order valence-electron chi connectivity index (χ2n) is 2.85. The molecule has 0 radical (unpaired) electrons. The molecule has 7 heteroatoms. The summed E-state index contributed by atoms with van der Waals surface area (Å²) in [5.74, 6) is 0. The number of aldehydes is 1. The van der Waals surface area contributed by atoms with Gasteiger partial charge in [0, 0.05) is 0 Å². The zero-order chi connectivity index (χ0) is 11.3. The molecule has 0 spiro atoms. The van der Waals surface area contributed by atoms with Crippen LogP contribution in [-0.4, -0.2) is 74.1 Å². The van der Waals surface area contributed by atoms with E-state index in [0.717, 1.165) is 0 Å². The van der Waals surface area contributed by atoms with E-state index in [9.17, 15) is 4.79 Å². The fourth-order valence-electron chi connectivity index (χ4n) is 0.820. The molecular weight excluding hydrogens is 196 g/mol. The second kappa shape index (κ2) is 6.02. The van der Waals surface area contributed by atoms with Crippen LogP contribution in [-0.2, 0) is 4.79 Å². The van der Waals surface area contributed by atoms with Crippen LogP contribution in [0.25, 0.3) is 0 Å². The predicted octanol–water partition coefficient (Wildman–Crippen LogP) is -4.02. The first-order valence-electron chi connectivity index (χ1n) is 3.92. The molecule has 1 unspecified atom stereocenters. The quantitative estimate of drug-likeness (QED) is 0.245. The van der Waals surface area contributed by atoms with E-state index in [4.69, 9.17) is 30.6 Å². The minimum atomic E-state index is -1.92. The van der Waals surface area contributed by atoms with Gasteiger partial charge in [0.05, 0.1) is 6.61 Å². The number of rotatable bonds is 6. The van der Waals surface area contributed by atoms with Crippen LogP contribution in [0.3, 0.4) is 0 Å². The third-order valence-electron chi connectivity index (χ3n) is 1.77. The SMILES string of the molecule is O=C[C@@H](O)[C@H](O)[C@H](O)[C@@H](O)C(O)CO. The summed E-state index contributed by atoms with van der Waals surface area (Å²) in [6.07, 6.45) is -9.21. The number of carbonyl (C=O) groups is 1. The molecule has 0 rings (SSSR count). The van der Waals surface area contributed by atoms with Crippen molar-refractivity contribution in [1.82, 2.24) is 0 Å². The molecule has 0 aliphatic heterocycles. The molecule has 5 atom stereocenters. The van der Waals surface area contributed by atoms with Crippen LogP contribution in [0.2, 0.25) is 0 Å². The van der Waals surface area contributed by atoms with Crippen LogP contribution >= 0.6 is 0 Å². The van der Waals surface area contributed by atoms with Gasteiger partial charge in [-0.2, -0.15) is 0 Å². The zero-order valence-corrected chi connectivity index (χ0v) is 7.26. The molecule has 7 nitrogen and oxygen atoms in total. The summed E-state index contributed by atoms with van der Waals surface area (Å²) in [5.41, 5.74) is 0. The fraction of sp³-hybridized carbons (Fsp3) is 0.857. The number of aliphatic hydroxyl groups excluding tert-OH is 6. The van der Waals surface area contributed by atoms with Crippen molar-refractivity contribution in [1.29, 1.82) is 0 Å². The van der Waals surface area contributed by atoms with Crippen LogP contribution in [0, 0.1) is 0 Å². The van der Waals surface area contributed by atoms with Crippen molar-refractivity contribution in [2.75, 3.05) is 6.61 Å². The highest BCUT2D eigenvalue weighted by Crippen LogP contribution is 2.07. The first-order chi connectivity index (χ1) is 6.45. The smallest absolute Gasteiger partial charge is 0.151 e. The van der Waals surface area contributed by atoms with E-state index in [-0.39, 0.29) is 6.29 Å². The van der Waals surface area contributed by atoms with Crippen LogP contribution < -0.4 is 0 Å². The average molecular weight is 210 g/mol. The Morgan fingerprint density at radius 2 is 1.43 bits per heavy atom. The first kappa shape index (κ1) is 13.4. The normalized spacial score (nSPS) is 22.1. The Morgan fingerprint density at radius 1 is 0.929 bits per heavy atom. The molecule has 0 aliphatic carbocycles. The lowest BCUT2D eigenvalue weighted by Crippen LogP contribution is -2.50. The van der Waals surface area contributed by atoms with Gasteiger partial charge >= 0.3 is 0 Å². The Bertz CT molecular complexity index is 173. The van der Waals surface area contributed by atoms with Crippen molar-refractivity contribution >= 4 is 6.29 Å². The summed E-state index contributed by atoms with van der Waals surface area (Å²) in [6, 6.07) is 0. The lowest BCUT2D eigenvalue weighted by atomic mass is 10.0. The molecule has 0 heterocycles. The number of hydrogen-bond donors (Lipinski definition) is 6. The van der Waals surface area contributed by atoms with E-state index in [1.807, 2.05) is 0 Å². The van der Waals surface area contributed by atoms with Gasteiger partial charge in [-0.05, 0) is 0 Å². The largest absolute Gasteiger partial charge is 0.394 e. The van der Waals surface area contributed by atoms with E-state index in [0.29, 0.717) is 0 Å². The lowest BCUT2D eigenvalue weighted by molar-refractivity contribution is -0.147. The van der Waals surface area contributed by atoms with Crippen LogP contribution in [0.5, 0.6) is 0 Å². The minimum absolute atomic E-state index is 0.0219. The highest BCUT2D eigenvalue weighted by Gasteiger charge is 2.33. The van der Waals surface area contributed by atoms with Crippen LogP contribution in [0.4, 0.5) is 0 Å². The third-order valence-corrected chi connectivity index (χ3v) is 1.77. The molecule has 14 heavy (non-hydrogen) atoms. The minimum Gasteiger partial charge on any atom is -0.394 e. The Kier molecular flexibility index (Phi) is 5.77. The van der Waals surface area contributed by atoms with Gasteiger partial charge in [-0.3, -0.25) is 0 Å². The van der Waals surface area contributed by atoms with E-state index < -0.39 is 37.1 Å². The summed E-state index contributed by atoms with van der Waals surface area (Å²) in [6.45, 7) is -0.817. The van der Waals surface area contributed by atoms with Gasteiger partial charge in [0.25, 0.3) is 0 Å². The topological polar surface area (TPSA) is 138 Å². The molecule has 0 saturated carbocycles. The molecule has 0 amide bonds. The zero-order valence-electron chi connectivity index (χ0n) is 7.26. The van der Waals surface area contributed by atoms with Crippen molar-refractivity contribution in [2.24, 2.45) is 0 Å². The van der Waals surface area contributed by atoms with Crippen molar-refractivity contribution in [3.05, 3.63) is 0 Å². The molecule has 0 aliphatic rings. The van der Waals surface area contributed by atoms with Crippen molar-refractivity contribution < 1.29 is 35.4 Å². The number of carbonyl (C=O) groups excluding carboxylic acids is 1. The van der Waals surface area contributed by atoms with Crippen molar-refractivity contribution in [3.8, 4) is 0 Å². The van der Waals surface area contributed by atoms with Crippen molar-refractivity contribution in [3.63, 3.8) is 0 Å². The summed E-state index contributed by atoms with van der Waals surface area (Å²) < 4.78 is 0. The van der Waals surface area contributed by atoms with Gasteiger partial charge in [0.15, 0.2) is 6.29 Å². The molecule has 0 aromatic heterocycles. The summed E-state index contributed by atoms with van der Waals surface area (Å²) in [4.78, 5) is 10.00. The summed E-state index contributed by atoms with van der Waals surface area (Å²) in [5, 5.41) is 53.2. The van der Waals surface area contributed by atoms with E-state index in [1.54, 1.807) is 0 Å². The summed E-state index contributed by atoms with van der Waals surface area (Å²) in [7, 11) is 0. The Labute approximate surface area is 79.9 Å². The Balaban J connectivity index is 4.29. The standard InChI is InChI=1S/C7H14O7/c8-1-3(10)5(12)7(14)6(13)4(11)2-9/h1,3-7,9-14H,2H2/t3-,4?,5+,6+,7+/m1/s1. The predicted molar refractivity (Wildman–Crippen MR) is 43.2 cm³/mol. The van der Waals surface area contributed by atoms with Gasteiger partial charge in [0.1, 0.15) is 30.5 Å². The monoisotopic (exact) mass is 210 g/mol. The van der Waals surface area contributed by atoms with E-state index in [1.165, 1.54) is 0 Å². The third kappa shape index (κ3) is 3.29. The molecule has 84 valence electrons.